The van der Waals surface area contributed by atoms with E-state index in [1.165, 1.54) is 6.07 Å². The van der Waals surface area contributed by atoms with E-state index in [1.54, 1.807) is 18.3 Å². The van der Waals surface area contributed by atoms with Crippen LogP contribution in [-0.2, 0) is 0 Å². The van der Waals surface area contributed by atoms with Gasteiger partial charge in [-0.1, -0.05) is 11.6 Å². The van der Waals surface area contributed by atoms with Crippen molar-refractivity contribution in [3.8, 4) is 6.07 Å². The van der Waals surface area contributed by atoms with Gasteiger partial charge < -0.3 is 9.80 Å². The molecule has 2 aliphatic heterocycles. The minimum atomic E-state index is -0.189. The lowest BCUT2D eigenvalue weighted by Crippen LogP contribution is -2.30. The molecular weight excluding hydrogens is 328 g/mol. The number of aromatic amines is 1. The van der Waals surface area contributed by atoms with E-state index in [-0.39, 0.29) is 5.56 Å². The maximum atomic E-state index is 11.1. The van der Waals surface area contributed by atoms with E-state index >= 15 is 0 Å². The van der Waals surface area contributed by atoms with Crippen molar-refractivity contribution < 1.29 is 0 Å². The fourth-order valence-corrected chi connectivity index (χ4v) is 3.88. The Hall–Kier alpha value is -2.59. The highest BCUT2D eigenvalue weighted by atomic mass is 35.5. The van der Waals surface area contributed by atoms with Crippen LogP contribution in [0.4, 0.5) is 11.6 Å². The molecule has 0 spiro atoms. The van der Waals surface area contributed by atoms with Crippen LogP contribution in [0, 0.1) is 23.2 Å². The summed E-state index contributed by atoms with van der Waals surface area (Å²) in [6, 6.07) is 6.97. The summed E-state index contributed by atoms with van der Waals surface area (Å²) in [4.78, 5) is 19.9. The molecule has 2 aliphatic rings. The van der Waals surface area contributed by atoms with Gasteiger partial charge in [-0.25, -0.2) is 10.1 Å². The second kappa shape index (κ2) is 5.80. The summed E-state index contributed by atoms with van der Waals surface area (Å²) in [6.07, 6.45) is 1.56. The molecule has 2 aromatic heterocycles. The van der Waals surface area contributed by atoms with E-state index in [1.807, 2.05) is 6.07 Å². The Morgan fingerprint density at radius 3 is 2.50 bits per heavy atom. The average Bonchev–Trinajstić information content (AvgIpc) is 3.14. The summed E-state index contributed by atoms with van der Waals surface area (Å²) < 4.78 is 0. The number of hydrogen-bond donors (Lipinski definition) is 1. The average molecular weight is 343 g/mol. The molecule has 0 radical (unpaired) electrons. The van der Waals surface area contributed by atoms with Gasteiger partial charge in [0.1, 0.15) is 17.7 Å². The number of fused-ring (bicyclic) bond motifs is 1. The van der Waals surface area contributed by atoms with Crippen molar-refractivity contribution in [2.24, 2.45) is 11.8 Å². The summed E-state index contributed by atoms with van der Waals surface area (Å²) in [5.74, 6) is 2.57. The first-order chi connectivity index (χ1) is 11.6. The number of nitriles is 1. The third-order valence-electron chi connectivity index (χ3n) is 4.73. The van der Waals surface area contributed by atoms with Gasteiger partial charge in [0.15, 0.2) is 0 Å². The van der Waals surface area contributed by atoms with Crippen LogP contribution in [0.5, 0.6) is 0 Å². The number of rotatable bonds is 2. The van der Waals surface area contributed by atoms with Crippen molar-refractivity contribution >= 4 is 23.2 Å². The van der Waals surface area contributed by atoms with Crippen LogP contribution in [0.3, 0.4) is 0 Å². The molecule has 7 nitrogen and oxygen atoms in total. The first kappa shape index (κ1) is 15.0. The highest BCUT2D eigenvalue weighted by Crippen LogP contribution is 2.36. The predicted octanol–water partition coefficient (Wildman–Crippen LogP) is 1.26. The molecule has 24 heavy (non-hydrogen) atoms. The van der Waals surface area contributed by atoms with Crippen LogP contribution in [-0.4, -0.2) is 41.4 Å². The van der Waals surface area contributed by atoms with Gasteiger partial charge in [-0.3, -0.25) is 4.79 Å². The molecule has 2 atom stereocenters. The molecule has 2 fully saturated rings. The quantitative estimate of drug-likeness (QED) is 0.884. The minimum absolute atomic E-state index is 0.189. The largest absolute Gasteiger partial charge is 0.355 e. The number of anilines is 2. The van der Waals surface area contributed by atoms with Crippen LogP contribution in [0.2, 0.25) is 5.02 Å². The van der Waals surface area contributed by atoms with Gasteiger partial charge in [-0.2, -0.15) is 10.4 Å². The second-order valence-electron chi connectivity index (χ2n) is 6.25. The summed E-state index contributed by atoms with van der Waals surface area (Å²) in [7, 11) is 0. The van der Waals surface area contributed by atoms with E-state index in [2.05, 4.69) is 25.0 Å². The molecule has 4 heterocycles. The highest BCUT2D eigenvalue weighted by molar-refractivity contribution is 6.33. The zero-order chi connectivity index (χ0) is 16.7. The van der Waals surface area contributed by atoms with Gasteiger partial charge in [0.25, 0.3) is 5.56 Å². The molecule has 4 rings (SSSR count). The SMILES string of the molecule is N#Cc1cnc(N2CC3CN(c4ccc(=O)[nH]n4)CC3C2)c(Cl)c1. The fraction of sp³-hybridized carbons (Fsp3) is 0.375. The van der Waals surface area contributed by atoms with E-state index < -0.39 is 0 Å². The Kier molecular flexibility index (Phi) is 3.62. The molecule has 0 amide bonds. The third-order valence-corrected chi connectivity index (χ3v) is 5.00. The number of nitrogens with zero attached hydrogens (tertiary/aromatic N) is 5. The Balaban J connectivity index is 1.47. The van der Waals surface area contributed by atoms with Gasteiger partial charge in [0, 0.05) is 50.3 Å². The van der Waals surface area contributed by atoms with Gasteiger partial charge in [-0.15, -0.1) is 0 Å². The van der Waals surface area contributed by atoms with Crippen LogP contribution in [0.25, 0.3) is 0 Å². The molecule has 122 valence electrons. The van der Waals surface area contributed by atoms with Crippen molar-refractivity contribution in [3.05, 3.63) is 45.3 Å². The van der Waals surface area contributed by atoms with Crippen LogP contribution in [0.15, 0.2) is 29.2 Å². The number of nitrogens with one attached hydrogen (secondary N) is 1. The standard InChI is InChI=1S/C16H15ClN6O/c17-13-3-10(4-18)5-19-16(13)23-8-11-6-22(7-12(11)9-23)14-1-2-15(24)21-20-14/h1-3,5,11-12H,6-9H2,(H,21,24). The minimum Gasteiger partial charge on any atom is -0.355 e. The first-order valence-corrected chi connectivity index (χ1v) is 8.13. The Morgan fingerprint density at radius 2 is 1.92 bits per heavy atom. The number of hydrogen-bond acceptors (Lipinski definition) is 6. The van der Waals surface area contributed by atoms with Crippen molar-refractivity contribution in [2.75, 3.05) is 36.0 Å². The van der Waals surface area contributed by atoms with E-state index in [4.69, 9.17) is 16.9 Å². The normalized spacial score (nSPS) is 22.5. The summed E-state index contributed by atoms with van der Waals surface area (Å²) >= 11 is 6.27. The number of halogens is 1. The van der Waals surface area contributed by atoms with Gasteiger partial charge in [0.05, 0.1) is 10.6 Å². The monoisotopic (exact) mass is 342 g/mol. The lowest BCUT2D eigenvalue weighted by molar-refractivity contribution is 0.533. The summed E-state index contributed by atoms with van der Waals surface area (Å²) in [6.45, 7) is 3.55. The zero-order valence-corrected chi connectivity index (χ0v) is 13.6. The second-order valence-corrected chi connectivity index (χ2v) is 6.66. The molecule has 0 aliphatic carbocycles. The predicted molar refractivity (Wildman–Crippen MR) is 90.2 cm³/mol. The molecule has 8 heteroatoms. The molecule has 0 aromatic carbocycles. The fourth-order valence-electron chi connectivity index (χ4n) is 3.59. The molecule has 2 saturated heterocycles. The Morgan fingerprint density at radius 1 is 1.21 bits per heavy atom. The van der Waals surface area contributed by atoms with Crippen molar-refractivity contribution in [3.63, 3.8) is 0 Å². The highest BCUT2D eigenvalue weighted by Gasteiger charge is 2.41. The van der Waals surface area contributed by atoms with E-state index in [0.29, 0.717) is 22.4 Å². The zero-order valence-electron chi connectivity index (χ0n) is 12.8. The van der Waals surface area contributed by atoms with Crippen molar-refractivity contribution in [1.82, 2.24) is 15.2 Å². The lowest BCUT2D eigenvalue weighted by atomic mass is 10.0. The third kappa shape index (κ3) is 2.59. The summed E-state index contributed by atoms with van der Waals surface area (Å²) in [5, 5.41) is 16.0. The molecule has 2 unspecified atom stereocenters. The summed E-state index contributed by atoms with van der Waals surface area (Å²) in [5.41, 5.74) is 0.282. The molecule has 2 aromatic rings. The van der Waals surface area contributed by atoms with Gasteiger partial charge in [0.2, 0.25) is 0 Å². The van der Waals surface area contributed by atoms with Gasteiger partial charge in [-0.05, 0) is 12.1 Å². The van der Waals surface area contributed by atoms with E-state index in [9.17, 15) is 4.79 Å². The Labute approximate surface area is 143 Å². The van der Waals surface area contributed by atoms with Crippen LogP contribution in [0.1, 0.15) is 5.56 Å². The molecule has 1 N–H and O–H groups in total. The molecule has 0 bridgehead atoms. The van der Waals surface area contributed by atoms with Crippen LogP contribution < -0.4 is 15.4 Å². The lowest BCUT2D eigenvalue weighted by Gasteiger charge is -2.23. The number of pyridine rings is 1. The first-order valence-electron chi connectivity index (χ1n) is 7.75. The van der Waals surface area contributed by atoms with Crippen molar-refractivity contribution in [1.29, 1.82) is 5.26 Å². The molecule has 0 saturated carbocycles. The number of aromatic nitrogens is 3. The maximum absolute atomic E-state index is 11.1. The smallest absolute Gasteiger partial charge is 0.264 e. The maximum Gasteiger partial charge on any atom is 0.264 e. The van der Waals surface area contributed by atoms with Crippen molar-refractivity contribution in [2.45, 2.75) is 0 Å². The van der Waals surface area contributed by atoms with Gasteiger partial charge >= 0.3 is 0 Å². The van der Waals surface area contributed by atoms with E-state index in [0.717, 1.165) is 37.8 Å². The topological polar surface area (TPSA) is 88.9 Å². The number of H-pyrrole nitrogens is 1. The van der Waals surface area contributed by atoms with Crippen LogP contribution >= 0.6 is 11.6 Å². The Bertz CT molecular complexity index is 841. The molecular formula is C16H15ClN6O.